The lowest BCUT2D eigenvalue weighted by molar-refractivity contribution is -0.219. The molecule has 1 unspecified atom stereocenters. The maximum atomic E-state index is 17.7. The number of amides is 4. The number of aromatic nitrogens is 1. The molecule has 3 heterocycles. The van der Waals surface area contributed by atoms with E-state index in [0.717, 1.165) is 11.8 Å². The van der Waals surface area contributed by atoms with E-state index in [9.17, 15) is 27.9 Å². The number of methoxy groups -OCH3 is 2. The molecule has 0 spiro atoms. The molecule has 2 saturated carbocycles. The molecule has 0 radical (unpaired) electrons. The quantitative estimate of drug-likeness (QED) is 0.199. The van der Waals surface area contributed by atoms with Gasteiger partial charge in [-0.3, -0.25) is 28.9 Å². The first-order valence-corrected chi connectivity index (χ1v) is 21.6. The van der Waals surface area contributed by atoms with Crippen LogP contribution in [0.15, 0.2) is 36.5 Å². The molecule has 1 aromatic carbocycles. The highest BCUT2D eigenvalue weighted by Gasteiger charge is 2.71. The van der Waals surface area contributed by atoms with Crippen LogP contribution in [0.25, 0.3) is 10.8 Å². The summed E-state index contributed by atoms with van der Waals surface area (Å²) in [6.07, 6.45) is 4.83. The van der Waals surface area contributed by atoms with Crippen molar-refractivity contribution in [3.8, 4) is 17.4 Å². The van der Waals surface area contributed by atoms with Gasteiger partial charge in [0.1, 0.15) is 17.6 Å². The largest absolute Gasteiger partial charge is 0.493 e. The number of hydrogen-bond acceptors (Lipinski definition) is 10. The number of fused-ring (bicyclic) bond motifs is 3. The van der Waals surface area contributed by atoms with Crippen LogP contribution in [0.2, 0.25) is 0 Å². The lowest BCUT2D eigenvalue weighted by atomic mass is 9.86. The van der Waals surface area contributed by atoms with Gasteiger partial charge < -0.3 is 24.6 Å². The Morgan fingerprint density at radius 2 is 1.78 bits per heavy atom. The number of rotatable bonds is 10. The Bertz CT molecular complexity index is 2150. The van der Waals surface area contributed by atoms with E-state index in [0.29, 0.717) is 36.8 Å². The van der Waals surface area contributed by atoms with Crippen LogP contribution in [-0.2, 0) is 24.4 Å². The second kappa shape index (κ2) is 15.7. The van der Waals surface area contributed by atoms with Gasteiger partial charge in [-0.2, -0.15) is 8.78 Å². The van der Waals surface area contributed by atoms with Crippen molar-refractivity contribution in [2.45, 2.75) is 133 Å². The van der Waals surface area contributed by atoms with Gasteiger partial charge in [-0.15, -0.1) is 0 Å². The Hall–Kier alpha value is -4.74. The third-order valence-electron chi connectivity index (χ3n) is 12.9. The number of carboxylic acid groups (broad SMARTS) is 1. The van der Waals surface area contributed by atoms with Crippen molar-refractivity contribution in [2.24, 2.45) is 17.8 Å². The average molecular weight is 848 g/mol. The molecular weight excluding hydrogens is 793 g/mol. The molecule has 1 saturated heterocycles. The molecule has 3 N–H and O–H groups in total. The van der Waals surface area contributed by atoms with Crippen LogP contribution in [0.3, 0.4) is 0 Å². The number of halogens is 2. The van der Waals surface area contributed by atoms with E-state index < -0.39 is 92.2 Å². The number of hydrogen-bond donors (Lipinski definition) is 3. The number of sulfonamides is 1. The van der Waals surface area contributed by atoms with Crippen LogP contribution in [0.4, 0.5) is 13.6 Å². The smallest absolute Gasteiger partial charge is 0.408 e. The van der Waals surface area contributed by atoms with Crippen LogP contribution < -0.4 is 24.2 Å². The second-order valence-corrected chi connectivity index (χ2v) is 19.4. The van der Waals surface area contributed by atoms with Gasteiger partial charge in [-0.05, 0) is 101 Å². The van der Waals surface area contributed by atoms with Gasteiger partial charge in [0.05, 0.1) is 19.0 Å². The molecule has 6 rings (SSSR count). The minimum absolute atomic E-state index is 0.0284. The summed E-state index contributed by atoms with van der Waals surface area (Å²) in [4.78, 5) is 62.1. The molecule has 15 nitrogen and oxygen atoms in total. The van der Waals surface area contributed by atoms with Crippen LogP contribution in [0.5, 0.6) is 17.4 Å². The number of carbonyl (C=O) groups excluding carboxylic acids is 3. The second-order valence-electron chi connectivity index (χ2n) is 17.2. The summed E-state index contributed by atoms with van der Waals surface area (Å²) >= 11 is 0. The van der Waals surface area contributed by atoms with Gasteiger partial charge in [-0.25, -0.2) is 18.2 Å². The summed E-state index contributed by atoms with van der Waals surface area (Å²) < 4.78 is 79.8. The molecule has 324 valence electrons. The number of allylic oxidation sites excluding steroid dienone is 1. The van der Waals surface area contributed by atoms with Crippen LogP contribution >= 0.6 is 0 Å². The van der Waals surface area contributed by atoms with E-state index in [2.05, 4.69) is 15.0 Å². The maximum absolute atomic E-state index is 17.7. The van der Waals surface area contributed by atoms with Crippen LogP contribution in [-0.4, -0.2) is 106 Å². The highest BCUT2D eigenvalue weighted by atomic mass is 32.2. The lowest BCUT2D eigenvalue weighted by Crippen LogP contribution is -2.64. The number of carbonyl (C=O) groups is 4. The Kier molecular flexibility index (Phi) is 11.7. The van der Waals surface area contributed by atoms with Gasteiger partial charge in [0.15, 0.2) is 17.1 Å². The van der Waals surface area contributed by atoms with E-state index in [4.69, 9.17) is 14.2 Å². The highest BCUT2D eigenvalue weighted by molar-refractivity contribution is 7.91. The van der Waals surface area contributed by atoms with Gasteiger partial charge in [0.25, 0.3) is 11.8 Å². The summed E-state index contributed by atoms with van der Waals surface area (Å²) in [5, 5.41) is 13.9. The van der Waals surface area contributed by atoms with Gasteiger partial charge >= 0.3 is 12.1 Å². The van der Waals surface area contributed by atoms with Crippen LogP contribution in [0, 0.1) is 17.8 Å². The molecule has 59 heavy (non-hydrogen) atoms. The van der Waals surface area contributed by atoms with Crippen molar-refractivity contribution >= 4 is 44.6 Å². The predicted octanol–water partition coefficient (Wildman–Crippen LogP) is 5.62. The third kappa shape index (κ3) is 7.76. The fourth-order valence-electron chi connectivity index (χ4n) is 8.55. The molecule has 18 heteroatoms. The number of benzene rings is 1. The minimum Gasteiger partial charge on any atom is -0.493 e. The third-order valence-corrected chi connectivity index (χ3v) is 15.0. The molecular formula is C41H55F2N5O10S. The summed E-state index contributed by atoms with van der Waals surface area (Å²) in [6.45, 7) is 9.39. The molecule has 2 aromatic rings. The van der Waals surface area contributed by atoms with Crippen molar-refractivity contribution in [2.75, 3.05) is 14.2 Å². The van der Waals surface area contributed by atoms with Crippen molar-refractivity contribution in [1.29, 1.82) is 0 Å². The number of nitrogens with one attached hydrogen (secondary N) is 2. The topological polar surface area (TPSA) is 194 Å². The van der Waals surface area contributed by atoms with E-state index in [-0.39, 0.29) is 47.1 Å². The standard InChI is InChI=1S/C41H55F2N5O10S/c1-9-25(4)47(37(52)53)32-24(3)18-23(2)12-10-11-13-27-21-40(27,36(51)46-59(54,55)38(5)15-16-38)45-33(49)29-22-39(6,41(42,43)48(29)35(32)50)58-34-28-20-31(57-8)30(56-7)19-26(28)14-17-44-34/h11,13-14,17,19-20,23-25,27,29,32H,9-10,12,15-16,18,21-22H2,1-8H3,(H,45,49)(H,46,51)(H,52,53)/b13-11-/t23-,24+,25?,27+,29-,32-,39+,40+/m0/s1. The summed E-state index contributed by atoms with van der Waals surface area (Å²) in [7, 11) is -1.33. The summed E-state index contributed by atoms with van der Waals surface area (Å²) in [6, 6.07) is -4.05. The van der Waals surface area contributed by atoms with E-state index in [1.54, 1.807) is 39.0 Å². The van der Waals surface area contributed by atoms with Crippen LogP contribution in [0.1, 0.15) is 92.9 Å². The summed E-state index contributed by atoms with van der Waals surface area (Å²) in [5.74, 6) is -4.73. The maximum Gasteiger partial charge on any atom is 0.408 e. The van der Waals surface area contributed by atoms with Gasteiger partial charge in [0, 0.05) is 30.0 Å². The molecule has 4 amide bonds. The monoisotopic (exact) mass is 847 g/mol. The highest BCUT2D eigenvalue weighted by Crippen LogP contribution is 2.52. The first kappa shape index (κ1) is 43.8. The van der Waals surface area contributed by atoms with Gasteiger partial charge in [0.2, 0.25) is 21.8 Å². The van der Waals surface area contributed by atoms with Crippen molar-refractivity contribution in [3.63, 3.8) is 0 Å². The molecule has 2 aliphatic carbocycles. The zero-order valence-corrected chi connectivity index (χ0v) is 35.5. The Labute approximate surface area is 343 Å². The summed E-state index contributed by atoms with van der Waals surface area (Å²) in [5.41, 5.74) is -4.51. The fourth-order valence-corrected chi connectivity index (χ4v) is 9.86. The number of pyridine rings is 1. The minimum atomic E-state index is -4.30. The first-order valence-electron chi connectivity index (χ1n) is 20.1. The number of alkyl halides is 2. The predicted molar refractivity (Wildman–Crippen MR) is 212 cm³/mol. The number of ether oxygens (including phenoxy) is 3. The zero-order valence-electron chi connectivity index (χ0n) is 34.7. The van der Waals surface area contributed by atoms with E-state index in [1.807, 2.05) is 13.0 Å². The van der Waals surface area contributed by atoms with Crippen molar-refractivity contribution in [1.82, 2.24) is 24.8 Å². The normalized spacial score (nSPS) is 31.3. The molecule has 3 fully saturated rings. The number of nitrogens with zero attached hydrogens (tertiary/aromatic N) is 3. The molecule has 0 bridgehead atoms. The molecule has 2 aliphatic heterocycles. The van der Waals surface area contributed by atoms with E-state index >= 15 is 13.6 Å². The van der Waals surface area contributed by atoms with Gasteiger partial charge in [-0.1, -0.05) is 32.9 Å². The first-order chi connectivity index (χ1) is 27.6. The van der Waals surface area contributed by atoms with Crippen molar-refractivity contribution in [3.05, 3.63) is 36.5 Å². The fraction of sp³-hybridized carbons (Fsp3) is 0.634. The Morgan fingerprint density at radius 3 is 2.39 bits per heavy atom. The van der Waals surface area contributed by atoms with Crippen molar-refractivity contribution < 1.29 is 55.7 Å². The Balaban J connectivity index is 1.49. The molecule has 1 aromatic heterocycles. The average Bonchev–Trinajstić information content (AvgIpc) is 4.08. The molecule has 8 atom stereocenters. The Morgan fingerprint density at radius 1 is 1.12 bits per heavy atom. The lowest BCUT2D eigenvalue weighted by Gasteiger charge is -2.42. The SMILES string of the molecule is CCC(C)N(C(=O)O)[C@@H]1C(=O)N2[C@@H](C[C@@](C)(Oc3nccc4cc(OC)c(OC)cc34)C2(F)F)C(=O)N[C@]2(C(=O)NS(=O)(=O)C3(C)CC3)C[C@H]2/C=C\CC[C@H](C)C[C@H]1C. The molecule has 4 aliphatic rings. The zero-order chi connectivity index (χ0) is 43.5. The van der Waals surface area contributed by atoms with E-state index in [1.165, 1.54) is 33.4 Å².